The van der Waals surface area contributed by atoms with Crippen LogP contribution in [0.3, 0.4) is 0 Å². The van der Waals surface area contributed by atoms with E-state index in [1.54, 1.807) is 7.11 Å². The van der Waals surface area contributed by atoms with Crippen LogP contribution in [0.15, 0.2) is 43.0 Å². The van der Waals surface area contributed by atoms with Crippen LogP contribution in [-0.2, 0) is 6.54 Å². The quantitative estimate of drug-likeness (QED) is 0.846. The first-order valence-electron chi connectivity index (χ1n) is 7.60. The molecule has 2 aromatic rings. The number of imidazole rings is 1. The predicted octanol–water partition coefficient (Wildman–Crippen LogP) is 2.97. The lowest BCUT2D eigenvalue weighted by atomic mass is 10.0. The highest BCUT2D eigenvalue weighted by Crippen LogP contribution is 2.36. The molecule has 1 aromatic carbocycles. The zero-order chi connectivity index (χ0) is 14.7. The summed E-state index contributed by atoms with van der Waals surface area (Å²) in [6, 6.07) is 8.99. The highest BCUT2D eigenvalue weighted by atomic mass is 16.5. The van der Waals surface area contributed by atoms with Crippen LogP contribution in [0.4, 0.5) is 0 Å². The van der Waals surface area contributed by atoms with Gasteiger partial charge in [-0.3, -0.25) is 4.90 Å². The minimum atomic E-state index is 0.499. The summed E-state index contributed by atoms with van der Waals surface area (Å²) >= 11 is 0. The van der Waals surface area contributed by atoms with Crippen molar-refractivity contribution in [3.05, 3.63) is 48.5 Å². The Morgan fingerprint density at radius 3 is 3.00 bits per heavy atom. The first-order valence-corrected chi connectivity index (χ1v) is 7.60. The molecular formula is C17H23N3O. The maximum absolute atomic E-state index is 5.36. The molecule has 4 nitrogen and oxygen atoms in total. The van der Waals surface area contributed by atoms with Gasteiger partial charge in [0.25, 0.3) is 0 Å². The summed E-state index contributed by atoms with van der Waals surface area (Å²) in [6.45, 7) is 5.55. The van der Waals surface area contributed by atoms with Gasteiger partial charge in [0.15, 0.2) is 0 Å². The zero-order valence-corrected chi connectivity index (χ0v) is 12.8. The summed E-state index contributed by atoms with van der Waals surface area (Å²) in [6.07, 6.45) is 6.98. The van der Waals surface area contributed by atoms with Crippen LogP contribution in [0.25, 0.3) is 0 Å². The van der Waals surface area contributed by atoms with E-state index in [0.717, 1.165) is 31.3 Å². The van der Waals surface area contributed by atoms with Gasteiger partial charge in [-0.2, -0.15) is 0 Å². The molecule has 2 heterocycles. The van der Waals surface area contributed by atoms with E-state index in [0.29, 0.717) is 6.04 Å². The summed E-state index contributed by atoms with van der Waals surface area (Å²) in [5.41, 5.74) is 1.37. The summed E-state index contributed by atoms with van der Waals surface area (Å²) in [5, 5.41) is 0. The van der Waals surface area contributed by atoms with Crippen molar-refractivity contribution in [3.8, 4) is 5.75 Å². The molecule has 21 heavy (non-hydrogen) atoms. The number of benzene rings is 1. The number of aromatic nitrogens is 2. The van der Waals surface area contributed by atoms with Crippen LogP contribution in [0.2, 0.25) is 0 Å². The minimum absolute atomic E-state index is 0.499. The number of ether oxygens (including phenoxy) is 1. The second-order valence-corrected chi connectivity index (χ2v) is 5.93. The van der Waals surface area contributed by atoms with E-state index in [4.69, 9.17) is 4.74 Å². The Kier molecular flexibility index (Phi) is 4.25. The monoisotopic (exact) mass is 285 g/mol. The van der Waals surface area contributed by atoms with E-state index in [1.165, 1.54) is 12.0 Å². The second kappa shape index (κ2) is 6.31. The summed E-state index contributed by atoms with van der Waals surface area (Å²) in [5.74, 6) is 1.69. The van der Waals surface area contributed by atoms with E-state index in [2.05, 4.69) is 39.6 Å². The van der Waals surface area contributed by atoms with Crippen molar-refractivity contribution in [2.45, 2.75) is 25.9 Å². The van der Waals surface area contributed by atoms with Gasteiger partial charge < -0.3 is 9.30 Å². The standard InChI is InChI=1S/C17H23N3O/c1-14-10-17(15-4-3-5-16(11-15)21-2)20(12-14)9-8-19-7-6-18-13-19/h3-7,11,13-14,17H,8-10,12H2,1-2H3/t14-,17-/m1/s1. The Hall–Kier alpha value is -1.81. The molecular weight excluding hydrogens is 262 g/mol. The fraction of sp³-hybridized carbons (Fsp3) is 0.471. The molecule has 0 bridgehead atoms. The molecule has 0 saturated carbocycles. The third-order valence-corrected chi connectivity index (χ3v) is 4.30. The topological polar surface area (TPSA) is 30.3 Å². The van der Waals surface area contributed by atoms with Gasteiger partial charge in [0.2, 0.25) is 0 Å². The van der Waals surface area contributed by atoms with Crippen molar-refractivity contribution in [1.29, 1.82) is 0 Å². The molecule has 1 aliphatic heterocycles. The van der Waals surface area contributed by atoms with Crippen LogP contribution in [0, 0.1) is 5.92 Å². The van der Waals surface area contributed by atoms with E-state index in [1.807, 2.05) is 24.8 Å². The SMILES string of the molecule is COc1cccc([C@H]2C[C@@H](C)CN2CCn2ccnc2)c1. The molecule has 112 valence electrons. The maximum atomic E-state index is 5.36. The van der Waals surface area contributed by atoms with Crippen molar-refractivity contribution in [2.24, 2.45) is 5.92 Å². The highest BCUT2D eigenvalue weighted by Gasteiger charge is 2.30. The molecule has 4 heteroatoms. The molecule has 1 aliphatic rings. The molecule has 0 radical (unpaired) electrons. The van der Waals surface area contributed by atoms with E-state index >= 15 is 0 Å². The molecule has 0 N–H and O–H groups in total. The van der Waals surface area contributed by atoms with E-state index < -0.39 is 0 Å². The Bertz CT molecular complexity index is 567. The van der Waals surface area contributed by atoms with Crippen LogP contribution >= 0.6 is 0 Å². The number of rotatable bonds is 5. The average Bonchev–Trinajstić information content (AvgIpc) is 3.14. The van der Waals surface area contributed by atoms with Gasteiger partial charge >= 0.3 is 0 Å². The number of methoxy groups -OCH3 is 1. The zero-order valence-electron chi connectivity index (χ0n) is 12.8. The normalized spacial score (nSPS) is 22.6. The summed E-state index contributed by atoms with van der Waals surface area (Å²) < 4.78 is 7.51. The summed E-state index contributed by atoms with van der Waals surface area (Å²) in [4.78, 5) is 6.69. The molecule has 0 amide bonds. The molecule has 1 saturated heterocycles. The van der Waals surface area contributed by atoms with E-state index in [9.17, 15) is 0 Å². The Morgan fingerprint density at radius 2 is 2.24 bits per heavy atom. The molecule has 0 unspecified atom stereocenters. The molecule has 2 atom stereocenters. The van der Waals surface area contributed by atoms with Gasteiger partial charge in [0.1, 0.15) is 5.75 Å². The maximum Gasteiger partial charge on any atom is 0.119 e. The number of likely N-dealkylation sites (tertiary alicyclic amines) is 1. The van der Waals surface area contributed by atoms with Crippen molar-refractivity contribution < 1.29 is 4.74 Å². The average molecular weight is 285 g/mol. The number of nitrogens with zero attached hydrogens (tertiary/aromatic N) is 3. The Balaban J connectivity index is 1.72. The van der Waals surface area contributed by atoms with E-state index in [-0.39, 0.29) is 0 Å². The van der Waals surface area contributed by atoms with Gasteiger partial charge in [-0.1, -0.05) is 19.1 Å². The molecule has 0 spiro atoms. The van der Waals surface area contributed by atoms with Gasteiger partial charge in [-0.25, -0.2) is 4.98 Å². The van der Waals surface area contributed by atoms with Gasteiger partial charge in [-0.05, 0) is 30.0 Å². The van der Waals surface area contributed by atoms with Gasteiger partial charge in [-0.15, -0.1) is 0 Å². The van der Waals surface area contributed by atoms with Crippen molar-refractivity contribution in [3.63, 3.8) is 0 Å². The largest absolute Gasteiger partial charge is 0.497 e. The van der Waals surface area contributed by atoms with Gasteiger partial charge in [0, 0.05) is 38.1 Å². The van der Waals surface area contributed by atoms with Crippen LogP contribution in [-0.4, -0.2) is 34.7 Å². The van der Waals surface area contributed by atoms with Crippen molar-refractivity contribution >= 4 is 0 Å². The third kappa shape index (κ3) is 3.27. The van der Waals surface area contributed by atoms with Crippen molar-refractivity contribution in [2.75, 3.05) is 20.2 Å². The molecule has 1 fully saturated rings. The van der Waals surface area contributed by atoms with Crippen molar-refractivity contribution in [1.82, 2.24) is 14.5 Å². The first kappa shape index (κ1) is 14.1. The Morgan fingerprint density at radius 1 is 1.33 bits per heavy atom. The van der Waals surface area contributed by atoms with Crippen LogP contribution in [0.1, 0.15) is 24.9 Å². The fourth-order valence-electron chi connectivity index (χ4n) is 3.24. The first-order chi connectivity index (χ1) is 10.3. The third-order valence-electron chi connectivity index (χ3n) is 4.30. The smallest absolute Gasteiger partial charge is 0.119 e. The molecule has 1 aromatic heterocycles. The van der Waals surface area contributed by atoms with Gasteiger partial charge in [0.05, 0.1) is 13.4 Å². The summed E-state index contributed by atoms with van der Waals surface area (Å²) in [7, 11) is 1.73. The lowest BCUT2D eigenvalue weighted by Gasteiger charge is -2.25. The fourth-order valence-corrected chi connectivity index (χ4v) is 3.24. The lowest BCUT2D eigenvalue weighted by Crippen LogP contribution is -2.27. The van der Waals surface area contributed by atoms with Crippen LogP contribution < -0.4 is 4.74 Å². The number of hydrogen-bond acceptors (Lipinski definition) is 3. The van der Waals surface area contributed by atoms with Crippen LogP contribution in [0.5, 0.6) is 5.75 Å². The Labute approximate surface area is 126 Å². The number of hydrogen-bond donors (Lipinski definition) is 0. The lowest BCUT2D eigenvalue weighted by molar-refractivity contribution is 0.243. The molecule has 0 aliphatic carbocycles. The second-order valence-electron chi connectivity index (χ2n) is 5.93. The predicted molar refractivity (Wildman–Crippen MR) is 83.3 cm³/mol. The molecule has 3 rings (SSSR count). The highest BCUT2D eigenvalue weighted by molar-refractivity contribution is 5.31. The minimum Gasteiger partial charge on any atom is -0.497 e.